The number of hydrogen-bond donors (Lipinski definition) is 1. The van der Waals surface area contributed by atoms with Crippen molar-refractivity contribution in [3.63, 3.8) is 0 Å². The van der Waals surface area contributed by atoms with Crippen molar-refractivity contribution in [3.05, 3.63) is 53.9 Å². The first-order valence-corrected chi connectivity index (χ1v) is 7.21. The fraction of sp³-hybridized carbons (Fsp3) is 0.353. The number of aromatic nitrogens is 1. The average Bonchev–Trinajstić information content (AvgIpc) is 2.48. The molecule has 2 aromatic rings. The Balaban J connectivity index is 1.90. The average molecular weight is 267 g/mol. The van der Waals surface area contributed by atoms with Crippen molar-refractivity contribution < 1.29 is 0 Å². The number of pyridine rings is 1. The maximum Gasteiger partial charge on any atom is 0.0769 e. The third-order valence-corrected chi connectivity index (χ3v) is 3.98. The molecule has 1 aliphatic rings. The van der Waals surface area contributed by atoms with Gasteiger partial charge in [0.15, 0.2) is 0 Å². The van der Waals surface area contributed by atoms with Crippen LogP contribution in [0.1, 0.15) is 30.0 Å². The summed E-state index contributed by atoms with van der Waals surface area (Å²) in [5, 5.41) is 3.68. The van der Waals surface area contributed by atoms with Gasteiger partial charge in [0.2, 0.25) is 0 Å². The number of anilines is 2. The molecular weight excluding hydrogens is 246 g/mol. The Kier molecular flexibility index (Phi) is 3.59. The smallest absolute Gasteiger partial charge is 0.0769 e. The van der Waals surface area contributed by atoms with E-state index in [0.717, 1.165) is 5.69 Å². The van der Waals surface area contributed by atoms with Gasteiger partial charge < -0.3 is 10.2 Å². The highest BCUT2D eigenvalue weighted by Crippen LogP contribution is 2.34. The van der Waals surface area contributed by atoms with Gasteiger partial charge in [-0.3, -0.25) is 4.98 Å². The highest BCUT2D eigenvalue weighted by Gasteiger charge is 2.20. The van der Waals surface area contributed by atoms with Crippen molar-refractivity contribution in [1.29, 1.82) is 0 Å². The van der Waals surface area contributed by atoms with Gasteiger partial charge in [0, 0.05) is 20.3 Å². The molecule has 3 nitrogen and oxygen atoms in total. The van der Waals surface area contributed by atoms with Gasteiger partial charge in [0.05, 0.1) is 23.6 Å². The minimum atomic E-state index is 0.392. The first kappa shape index (κ1) is 13.0. The molecule has 0 saturated carbocycles. The Hall–Kier alpha value is -2.03. The van der Waals surface area contributed by atoms with E-state index < -0.39 is 0 Å². The number of aryl methyl sites for hydroxylation is 1. The third-order valence-electron chi connectivity index (χ3n) is 3.98. The van der Waals surface area contributed by atoms with E-state index in [9.17, 15) is 0 Å². The van der Waals surface area contributed by atoms with Gasteiger partial charge >= 0.3 is 0 Å². The maximum absolute atomic E-state index is 4.26. The third kappa shape index (κ3) is 2.48. The molecule has 0 bridgehead atoms. The van der Waals surface area contributed by atoms with Crippen LogP contribution < -0.4 is 10.2 Å². The molecule has 104 valence electrons. The van der Waals surface area contributed by atoms with Crippen LogP contribution in [0, 0.1) is 0 Å². The molecule has 1 aromatic carbocycles. The van der Waals surface area contributed by atoms with Crippen LogP contribution in [-0.4, -0.2) is 19.1 Å². The molecule has 0 fully saturated rings. The molecular formula is C17H21N3. The summed E-state index contributed by atoms with van der Waals surface area (Å²) < 4.78 is 0. The second kappa shape index (κ2) is 5.53. The summed E-state index contributed by atoms with van der Waals surface area (Å²) in [6, 6.07) is 11.2. The van der Waals surface area contributed by atoms with Crippen molar-refractivity contribution in [1.82, 2.24) is 4.98 Å². The van der Waals surface area contributed by atoms with E-state index in [2.05, 4.69) is 59.6 Å². The highest BCUT2D eigenvalue weighted by molar-refractivity contribution is 5.68. The van der Waals surface area contributed by atoms with Crippen molar-refractivity contribution in [2.75, 3.05) is 24.3 Å². The SMILES string of the molecule is CN(C)c1ccncc1NC1CCCc2ccccc21. The Labute approximate surface area is 120 Å². The van der Waals surface area contributed by atoms with E-state index in [4.69, 9.17) is 0 Å². The van der Waals surface area contributed by atoms with E-state index in [-0.39, 0.29) is 0 Å². The molecule has 1 aliphatic carbocycles. The van der Waals surface area contributed by atoms with Gasteiger partial charge in [-0.25, -0.2) is 0 Å². The number of nitrogens with zero attached hydrogens (tertiary/aromatic N) is 2. The molecule has 1 atom stereocenters. The van der Waals surface area contributed by atoms with Gasteiger partial charge in [0.1, 0.15) is 0 Å². The van der Waals surface area contributed by atoms with Crippen molar-refractivity contribution in [2.24, 2.45) is 0 Å². The first-order valence-electron chi connectivity index (χ1n) is 7.21. The zero-order valence-corrected chi connectivity index (χ0v) is 12.1. The van der Waals surface area contributed by atoms with Crippen LogP contribution in [0.15, 0.2) is 42.7 Å². The van der Waals surface area contributed by atoms with E-state index in [0.29, 0.717) is 6.04 Å². The summed E-state index contributed by atoms with van der Waals surface area (Å²) in [6.45, 7) is 0. The molecule has 0 spiro atoms. The lowest BCUT2D eigenvalue weighted by atomic mass is 9.87. The van der Waals surface area contributed by atoms with E-state index in [1.165, 1.54) is 36.1 Å². The van der Waals surface area contributed by atoms with Crippen molar-refractivity contribution in [3.8, 4) is 0 Å². The normalized spacial score (nSPS) is 17.4. The second-order valence-electron chi connectivity index (χ2n) is 5.58. The molecule has 3 rings (SSSR count). The molecule has 1 N–H and O–H groups in total. The Morgan fingerprint density at radius 1 is 1.20 bits per heavy atom. The number of benzene rings is 1. The quantitative estimate of drug-likeness (QED) is 0.920. The monoisotopic (exact) mass is 267 g/mol. The molecule has 20 heavy (non-hydrogen) atoms. The fourth-order valence-electron chi connectivity index (χ4n) is 2.98. The topological polar surface area (TPSA) is 28.2 Å². The van der Waals surface area contributed by atoms with E-state index in [1.807, 2.05) is 12.4 Å². The number of fused-ring (bicyclic) bond motifs is 1. The lowest BCUT2D eigenvalue weighted by Gasteiger charge is -2.29. The van der Waals surface area contributed by atoms with Crippen LogP contribution in [0.5, 0.6) is 0 Å². The predicted octanol–water partition coefficient (Wildman–Crippen LogP) is 3.64. The molecule has 0 saturated heterocycles. The summed E-state index contributed by atoms with van der Waals surface area (Å²) in [6.07, 6.45) is 7.38. The summed E-state index contributed by atoms with van der Waals surface area (Å²) >= 11 is 0. The van der Waals surface area contributed by atoms with Gasteiger partial charge in [-0.05, 0) is 36.5 Å². The van der Waals surface area contributed by atoms with Crippen LogP contribution in [-0.2, 0) is 6.42 Å². The van der Waals surface area contributed by atoms with E-state index >= 15 is 0 Å². The predicted molar refractivity (Wildman–Crippen MR) is 84.3 cm³/mol. The van der Waals surface area contributed by atoms with Crippen molar-refractivity contribution in [2.45, 2.75) is 25.3 Å². The highest BCUT2D eigenvalue weighted by atomic mass is 15.1. The van der Waals surface area contributed by atoms with Crippen LogP contribution in [0.25, 0.3) is 0 Å². The zero-order valence-electron chi connectivity index (χ0n) is 12.1. The van der Waals surface area contributed by atoms with Crippen LogP contribution in [0.4, 0.5) is 11.4 Å². The largest absolute Gasteiger partial charge is 0.376 e. The molecule has 1 unspecified atom stereocenters. The summed E-state index contributed by atoms with van der Waals surface area (Å²) in [5.74, 6) is 0. The first-order chi connectivity index (χ1) is 9.75. The minimum absolute atomic E-state index is 0.392. The zero-order chi connectivity index (χ0) is 13.9. The molecule has 0 amide bonds. The number of nitrogens with one attached hydrogen (secondary N) is 1. The lowest BCUT2D eigenvalue weighted by molar-refractivity contribution is 0.600. The molecule has 1 aromatic heterocycles. The number of rotatable bonds is 3. The summed E-state index contributed by atoms with van der Waals surface area (Å²) in [5.41, 5.74) is 5.21. The minimum Gasteiger partial charge on any atom is -0.376 e. The second-order valence-corrected chi connectivity index (χ2v) is 5.58. The molecule has 0 aliphatic heterocycles. The van der Waals surface area contributed by atoms with Gasteiger partial charge in [-0.2, -0.15) is 0 Å². The summed E-state index contributed by atoms with van der Waals surface area (Å²) in [4.78, 5) is 6.38. The molecule has 0 radical (unpaired) electrons. The van der Waals surface area contributed by atoms with Gasteiger partial charge in [-0.15, -0.1) is 0 Å². The molecule has 3 heteroatoms. The van der Waals surface area contributed by atoms with Crippen LogP contribution in [0.2, 0.25) is 0 Å². The maximum atomic E-state index is 4.26. The van der Waals surface area contributed by atoms with Crippen LogP contribution in [0.3, 0.4) is 0 Å². The lowest BCUT2D eigenvalue weighted by Crippen LogP contribution is -2.19. The Bertz CT molecular complexity index is 592. The number of hydrogen-bond acceptors (Lipinski definition) is 3. The Morgan fingerprint density at radius 3 is 2.90 bits per heavy atom. The van der Waals surface area contributed by atoms with E-state index in [1.54, 1.807) is 0 Å². The molecule has 1 heterocycles. The van der Waals surface area contributed by atoms with Gasteiger partial charge in [0.25, 0.3) is 0 Å². The van der Waals surface area contributed by atoms with Crippen molar-refractivity contribution >= 4 is 11.4 Å². The fourth-order valence-corrected chi connectivity index (χ4v) is 2.98. The summed E-state index contributed by atoms with van der Waals surface area (Å²) in [7, 11) is 4.13. The standard InChI is InChI=1S/C17H21N3/c1-20(2)17-10-11-18-12-16(17)19-15-9-5-7-13-6-3-4-8-14(13)15/h3-4,6,8,10-12,15,19H,5,7,9H2,1-2H3. The Morgan fingerprint density at radius 2 is 2.05 bits per heavy atom. The van der Waals surface area contributed by atoms with Gasteiger partial charge in [-0.1, -0.05) is 24.3 Å². The van der Waals surface area contributed by atoms with Crippen LogP contribution >= 0.6 is 0 Å².